The van der Waals surface area contributed by atoms with Gasteiger partial charge in [-0.2, -0.15) is 0 Å². The minimum atomic E-state index is -0.421. The molecule has 1 aromatic carbocycles. The van der Waals surface area contributed by atoms with E-state index in [-0.39, 0.29) is 0 Å². The number of nitrogens with zero attached hydrogens (tertiary/aromatic N) is 2. The molecule has 1 saturated heterocycles. The van der Waals surface area contributed by atoms with E-state index in [1.165, 1.54) is 4.88 Å². The fourth-order valence-corrected chi connectivity index (χ4v) is 4.65. The van der Waals surface area contributed by atoms with Crippen molar-refractivity contribution in [3.63, 3.8) is 0 Å². The highest BCUT2D eigenvalue weighted by atomic mass is 79.9. The van der Waals surface area contributed by atoms with Crippen LogP contribution in [0, 0.1) is 0 Å². The lowest BCUT2D eigenvalue weighted by Gasteiger charge is -2.28. The summed E-state index contributed by atoms with van der Waals surface area (Å²) in [6.45, 7) is 1.42. The van der Waals surface area contributed by atoms with E-state index in [1.807, 2.05) is 12.1 Å². The first-order valence-corrected chi connectivity index (χ1v) is 9.25. The maximum atomic E-state index is 12.4. The van der Waals surface area contributed by atoms with E-state index in [9.17, 15) is 9.59 Å². The van der Waals surface area contributed by atoms with Crippen LogP contribution in [-0.2, 0) is 4.79 Å². The van der Waals surface area contributed by atoms with Gasteiger partial charge < -0.3 is 0 Å². The molecule has 0 saturated carbocycles. The van der Waals surface area contributed by atoms with Crippen LogP contribution in [0.2, 0.25) is 0 Å². The van der Waals surface area contributed by atoms with Crippen LogP contribution < -0.4 is 4.90 Å². The molecule has 0 spiro atoms. The van der Waals surface area contributed by atoms with Gasteiger partial charge in [-0.1, -0.05) is 22.0 Å². The third kappa shape index (κ3) is 2.55. The van der Waals surface area contributed by atoms with Gasteiger partial charge in [0.15, 0.2) is 0 Å². The Morgan fingerprint density at radius 3 is 2.91 bits per heavy atom. The second-order valence-corrected chi connectivity index (χ2v) is 7.75. The number of hydrogen-bond acceptors (Lipinski definition) is 4. The second-order valence-electron chi connectivity index (χ2n) is 5.85. The molecule has 23 heavy (non-hydrogen) atoms. The Hall–Kier alpha value is -1.50. The van der Waals surface area contributed by atoms with Gasteiger partial charge in [0, 0.05) is 21.9 Å². The van der Waals surface area contributed by atoms with Crippen molar-refractivity contribution in [1.29, 1.82) is 0 Å². The fourth-order valence-electron chi connectivity index (χ4n) is 3.39. The summed E-state index contributed by atoms with van der Waals surface area (Å²) in [7, 11) is 0. The summed E-state index contributed by atoms with van der Waals surface area (Å²) in [6, 6.07) is 10.0. The van der Waals surface area contributed by atoms with Crippen molar-refractivity contribution in [2.24, 2.45) is 0 Å². The second kappa shape index (κ2) is 5.85. The smallest absolute Gasteiger partial charge is 0.291 e. The summed E-state index contributed by atoms with van der Waals surface area (Å²) < 4.78 is 0.817. The summed E-state index contributed by atoms with van der Waals surface area (Å²) in [5, 5.41) is 2.09. The molecule has 0 aliphatic carbocycles. The Morgan fingerprint density at radius 2 is 2.13 bits per heavy atom. The number of Topliss-reactive ketones (excluding diaryl/α,β-unsaturated/α-hetero) is 1. The summed E-state index contributed by atoms with van der Waals surface area (Å²) in [6.07, 6.45) is 2.22. The molecule has 1 fully saturated rings. The number of carbonyl (C=O) groups is 2. The predicted molar refractivity (Wildman–Crippen MR) is 93.8 cm³/mol. The number of hydrogen-bond donors (Lipinski definition) is 0. The van der Waals surface area contributed by atoms with Crippen molar-refractivity contribution in [2.45, 2.75) is 18.9 Å². The Bertz CT molecular complexity index is 775. The van der Waals surface area contributed by atoms with Crippen LogP contribution in [0.4, 0.5) is 5.69 Å². The van der Waals surface area contributed by atoms with Gasteiger partial charge in [-0.25, -0.2) is 0 Å². The van der Waals surface area contributed by atoms with Gasteiger partial charge in [-0.15, -0.1) is 11.3 Å². The summed E-state index contributed by atoms with van der Waals surface area (Å²) in [5.41, 5.74) is 1.22. The van der Waals surface area contributed by atoms with Gasteiger partial charge >= 0.3 is 5.91 Å². The van der Waals surface area contributed by atoms with Crippen LogP contribution in [0.1, 0.15) is 34.1 Å². The first kappa shape index (κ1) is 15.1. The van der Waals surface area contributed by atoms with Gasteiger partial charge in [0.1, 0.15) is 0 Å². The molecule has 1 atom stereocenters. The maximum absolute atomic E-state index is 12.4. The zero-order valence-corrected chi connectivity index (χ0v) is 14.8. The van der Waals surface area contributed by atoms with Crippen molar-refractivity contribution < 1.29 is 9.59 Å². The molecular formula is C17H15BrN2O2S. The highest BCUT2D eigenvalue weighted by Crippen LogP contribution is 2.37. The largest absolute Gasteiger partial charge is 0.300 e. The Morgan fingerprint density at radius 1 is 1.26 bits per heavy atom. The number of amides is 1. The number of likely N-dealkylation sites (tertiary alicyclic amines) is 1. The first-order chi connectivity index (χ1) is 11.1. The van der Waals surface area contributed by atoms with Gasteiger partial charge in [0.05, 0.1) is 17.9 Å². The molecule has 3 heterocycles. The average molecular weight is 391 g/mol. The van der Waals surface area contributed by atoms with Crippen molar-refractivity contribution >= 4 is 44.6 Å². The van der Waals surface area contributed by atoms with Gasteiger partial charge in [-0.3, -0.25) is 19.4 Å². The number of carbonyl (C=O) groups excluding carboxylic acids is 2. The van der Waals surface area contributed by atoms with Crippen LogP contribution in [0.5, 0.6) is 0 Å². The molecule has 4 nitrogen and oxygen atoms in total. The third-order valence-corrected chi connectivity index (χ3v) is 5.96. The van der Waals surface area contributed by atoms with Gasteiger partial charge in [0.2, 0.25) is 0 Å². The van der Waals surface area contributed by atoms with Crippen LogP contribution >= 0.6 is 27.3 Å². The van der Waals surface area contributed by atoms with Crippen molar-refractivity contribution in [3.05, 3.63) is 50.6 Å². The molecule has 0 radical (unpaired) electrons. The zero-order valence-electron chi connectivity index (χ0n) is 12.4. The van der Waals surface area contributed by atoms with E-state index in [2.05, 4.69) is 38.3 Å². The topological polar surface area (TPSA) is 40.6 Å². The van der Waals surface area contributed by atoms with E-state index >= 15 is 0 Å². The molecule has 2 aromatic rings. The molecule has 0 bridgehead atoms. The number of ketones is 1. The van der Waals surface area contributed by atoms with E-state index < -0.39 is 11.7 Å². The summed E-state index contributed by atoms with van der Waals surface area (Å²) >= 11 is 5.12. The number of halogens is 1. The standard InChI is InChI=1S/C17H15BrN2O2S/c18-11-5-6-13-12(9-11)16(21)17(22)20(13)10-19-7-1-3-14(19)15-4-2-8-23-15/h2,4-6,8-9,14H,1,3,7,10H2/t14-/m0/s1. The van der Waals surface area contributed by atoms with Crippen LogP contribution in [0.15, 0.2) is 40.2 Å². The SMILES string of the molecule is O=C1C(=O)N(CN2CCC[C@H]2c2cccs2)c2ccc(Br)cc21. The van der Waals surface area contributed by atoms with Gasteiger partial charge in [0.25, 0.3) is 5.78 Å². The molecule has 2 aliphatic heterocycles. The number of rotatable bonds is 3. The highest BCUT2D eigenvalue weighted by molar-refractivity contribution is 9.10. The van der Waals surface area contributed by atoms with Gasteiger partial charge in [-0.05, 0) is 42.5 Å². The molecule has 0 N–H and O–H groups in total. The molecule has 4 rings (SSSR count). The molecule has 2 aliphatic rings. The fraction of sp³-hybridized carbons (Fsp3) is 0.294. The third-order valence-electron chi connectivity index (χ3n) is 4.49. The number of fused-ring (bicyclic) bond motifs is 1. The van der Waals surface area contributed by atoms with Crippen molar-refractivity contribution in [2.75, 3.05) is 18.1 Å². The van der Waals surface area contributed by atoms with E-state index in [0.29, 0.717) is 18.3 Å². The lowest BCUT2D eigenvalue weighted by Crippen LogP contribution is -2.40. The van der Waals surface area contributed by atoms with Crippen LogP contribution in [0.3, 0.4) is 0 Å². The minimum Gasteiger partial charge on any atom is -0.291 e. The Balaban J connectivity index is 1.62. The maximum Gasteiger partial charge on any atom is 0.300 e. The quantitative estimate of drug-likeness (QED) is 0.747. The average Bonchev–Trinajstić information content (AvgIpc) is 3.25. The lowest BCUT2D eigenvalue weighted by atomic mass is 10.1. The van der Waals surface area contributed by atoms with E-state index in [4.69, 9.17) is 0 Å². The predicted octanol–water partition coefficient (Wildman–Crippen LogP) is 3.83. The molecule has 6 heteroatoms. The molecule has 118 valence electrons. The lowest BCUT2D eigenvalue weighted by molar-refractivity contribution is -0.114. The molecule has 1 amide bonds. The number of thiophene rings is 1. The Kier molecular flexibility index (Phi) is 3.83. The van der Waals surface area contributed by atoms with Crippen LogP contribution in [-0.4, -0.2) is 29.8 Å². The van der Waals surface area contributed by atoms with E-state index in [1.54, 1.807) is 22.3 Å². The molecule has 1 aromatic heterocycles. The molecular weight excluding hydrogens is 376 g/mol. The van der Waals surface area contributed by atoms with Crippen molar-refractivity contribution in [3.8, 4) is 0 Å². The highest BCUT2D eigenvalue weighted by Gasteiger charge is 2.38. The zero-order chi connectivity index (χ0) is 16.0. The number of anilines is 1. The van der Waals surface area contributed by atoms with E-state index in [0.717, 1.165) is 29.5 Å². The summed E-state index contributed by atoms with van der Waals surface area (Å²) in [4.78, 5) is 29.9. The van der Waals surface area contributed by atoms with Crippen LogP contribution in [0.25, 0.3) is 0 Å². The van der Waals surface area contributed by atoms with Crippen molar-refractivity contribution in [1.82, 2.24) is 4.90 Å². The number of benzene rings is 1. The Labute approximate surface area is 146 Å². The monoisotopic (exact) mass is 390 g/mol. The summed E-state index contributed by atoms with van der Waals surface area (Å²) in [5.74, 6) is -0.830. The minimum absolute atomic E-state index is 0.345. The molecule has 0 unspecified atom stereocenters. The first-order valence-electron chi connectivity index (χ1n) is 7.58. The normalized spacial score (nSPS) is 21.3.